The average Bonchev–Trinajstić information content (AvgIpc) is 2.75. The number of aliphatic hydroxyl groups is 1. The third kappa shape index (κ3) is 4.72. The quantitative estimate of drug-likeness (QED) is 0.731. The van der Waals surface area contributed by atoms with Crippen molar-refractivity contribution in [3.63, 3.8) is 0 Å². The fourth-order valence-corrected chi connectivity index (χ4v) is 4.50. The van der Waals surface area contributed by atoms with Gasteiger partial charge in [0.25, 0.3) is 0 Å². The van der Waals surface area contributed by atoms with Crippen LogP contribution in [0.4, 0.5) is 0 Å². The minimum Gasteiger partial charge on any atom is -0.377 e. The van der Waals surface area contributed by atoms with Crippen molar-refractivity contribution in [3.8, 4) is 0 Å². The first-order valence-corrected chi connectivity index (χ1v) is 11.1. The molecule has 2 aliphatic rings. The highest BCUT2D eigenvalue weighted by atomic mass is 16.3. The Morgan fingerprint density at radius 1 is 0.933 bits per heavy atom. The molecule has 4 nitrogen and oxygen atoms in total. The molecule has 0 aromatic heterocycles. The first-order chi connectivity index (χ1) is 14.7. The highest BCUT2D eigenvalue weighted by Gasteiger charge is 2.47. The lowest BCUT2D eigenvalue weighted by molar-refractivity contribution is -0.151. The zero-order valence-electron chi connectivity index (χ0n) is 17.6. The van der Waals surface area contributed by atoms with Gasteiger partial charge in [-0.2, -0.15) is 0 Å². The largest absolute Gasteiger partial charge is 0.377 e. The standard InChI is InChI=1S/C26H32N2O2/c29-25(26(30,24-14-7-15-24)23-12-5-2-6-13-23)21-28-19-17-27(18-20-28)16-8-11-22-9-3-1-4-10-22/h1-6,8-13,24,30H,7,14-21H2/b11-8+. The van der Waals surface area contributed by atoms with Crippen LogP contribution in [0.2, 0.25) is 0 Å². The molecule has 1 unspecified atom stereocenters. The van der Waals surface area contributed by atoms with Gasteiger partial charge in [0.2, 0.25) is 0 Å². The van der Waals surface area contributed by atoms with E-state index in [1.54, 1.807) is 0 Å². The van der Waals surface area contributed by atoms with Gasteiger partial charge in [-0.1, -0.05) is 79.2 Å². The number of nitrogens with zero attached hydrogens (tertiary/aromatic N) is 2. The monoisotopic (exact) mass is 404 g/mol. The second-order valence-corrected chi connectivity index (χ2v) is 8.57. The van der Waals surface area contributed by atoms with Crippen molar-refractivity contribution in [3.05, 3.63) is 77.9 Å². The highest BCUT2D eigenvalue weighted by molar-refractivity contribution is 5.90. The normalized spacial score (nSPS) is 20.7. The Bertz CT molecular complexity index is 840. The van der Waals surface area contributed by atoms with E-state index in [9.17, 15) is 9.90 Å². The molecule has 158 valence electrons. The summed E-state index contributed by atoms with van der Waals surface area (Å²) < 4.78 is 0. The van der Waals surface area contributed by atoms with Gasteiger partial charge < -0.3 is 5.11 Å². The van der Waals surface area contributed by atoms with Crippen LogP contribution in [0, 0.1) is 5.92 Å². The van der Waals surface area contributed by atoms with Crippen molar-refractivity contribution < 1.29 is 9.90 Å². The number of benzene rings is 2. The molecule has 0 amide bonds. The highest BCUT2D eigenvalue weighted by Crippen LogP contribution is 2.43. The van der Waals surface area contributed by atoms with Crippen molar-refractivity contribution in [2.45, 2.75) is 24.9 Å². The summed E-state index contributed by atoms with van der Waals surface area (Å²) in [5.74, 6) is 0.00707. The van der Waals surface area contributed by atoms with Gasteiger partial charge in [-0.25, -0.2) is 0 Å². The maximum absolute atomic E-state index is 13.3. The summed E-state index contributed by atoms with van der Waals surface area (Å²) in [6.45, 7) is 4.86. The molecule has 1 atom stereocenters. The number of carbonyl (C=O) groups excluding carboxylic acids is 1. The summed E-state index contributed by atoms with van der Waals surface area (Å²) in [6.07, 6.45) is 7.33. The average molecular weight is 405 g/mol. The van der Waals surface area contributed by atoms with Crippen molar-refractivity contribution >= 4 is 11.9 Å². The third-order valence-corrected chi connectivity index (χ3v) is 6.64. The summed E-state index contributed by atoms with van der Waals surface area (Å²) in [5, 5.41) is 11.5. The van der Waals surface area contributed by atoms with Crippen LogP contribution in [0.3, 0.4) is 0 Å². The SMILES string of the molecule is O=C(CN1CCN(C/C=C/c2ccccc2)CC1)C(O)(c1ccccc1)C1CCC1. The minimum absolute atomic E-state index is 0.0455. The Kier molecular flexibility index (Phi) is 6.78. The molecule has 1 heterocycles. The molecule has 1 saturated carbocycles. The molecule has 4 heteroatoms. The van der Waals surface area contributed by atoms with Crippen molar-refractivity contribution in [1.82, 2.24) is 9.80 Å². The second kappa shape index (κ2) is 9.69. The Morgan fingerprint density at radius 2 is 1.53 bits per heavy atom. The summed E-state index contributed by atoms with van der Waals surface area (Å²) in [7, 11) is 0. The first-order valence-electron chi connectivity index (χ1n) is 11.1. The summed E-state index contributed by atoms with van der Waals surface area (Å²) in [4.78, 5) is 17.9. The van der Waals surface area contributed by atoms with Crippen LogP contribution in [0.25, 0.3) is 6.08 Å². The van der Waals surface area contributed by atoms with Crippen LogP contribution in [-0.4, -0.2) is 60.0 Å². The van der Waals surface area contributed by atoms with Gasteiger partial charge >= 0.3 is 0 Å². The Balaban J connectivity index is 1.30. The van der Waals surface area contributed by atoms with E-state index in [1.165, 1.54) is 5.56 Å². The van der Waals surface area contributed by atoms with E-state index in [4.69, 9.17) is 0 Å². The molecule has 0 spiro atoms. The van der Waals surface area contributed by atoms with Crippen LogP contribution >= 0.6 is 0 Å². The van der Waals surface area contributed by atoms with Crippen molar-refractivity contribution in [2.75, 3.05) is 39.3 Å². The van der Waals surface area contributed by atoms with E-state index in [2.05, 4.69) is 46.2 Å². The van der Waals surface area contributed by atoms with Gasteiger partial charge in [0, 0.05) is 32.7 Å². The number of Topliss-reactive ketones (excluding diaryl/α,β-unsaturated/α-hetero) is 1. The zero-order chi connectivity index (χ0) is 20.8. The van der Waals surface area contributed by atoms with Gasteiger partial charge in [0.15, 0.2) is 11.4 Å². The second-order valence-electron chi connectivity index (χ2n) is 8.57. The molecule has 0 radical (unpaired) electrons. The van der Waals surface area contributed by atoms with E-state index < -0.39 is 5.60 Å². The number of ketones is 1. The third-order valence-electron chi connectivity index (χ3n) is 6.64. The number of hydrogen-bond donors (Lipinski definition) is 1. The summed E-state index contributed by atoms with van der Waals surface area (Å²) >= 11 is 0. The van der Waals surface area contributed by atoms with E-state index in [0.717, 1.165) is 57.5 Å². The number of hydrogen-bond acceptors (Lipinski definition) is 4. The summed E-state index contributed by atoms with van der Waals surface area (Å²) in [6, 6.07) is 19.9. The Hall–Kier alpha value is -2.27. The zero-order valence-corrected chi connectivity index (χ0v) is 17.6. The lowest BCUT2D eigenvalue weighted by Crippen LogP contribution is -2.53. The fraction of sp³-hybridized carbons (Fsp3) is 0.423. The van der Waals surface area contributed by atoms with Gasteiger partial charge in [-0.3, -0.25) is 14.6 Å². The molecule has 1 aliphatic carbocycles. The molecule has 1 saturated heterocycles. The molecule has 30 heavy (non-hydrogen) atoms. The van der Waals surface area contributed by atoms with Crippen molar-refractivity contribution in [1.29, 1.82) is 0 Å². The molecule has 0 bridgehead atoms. The molecular formula is C26H32N2O2. The lowest BCUT2D eigenvalue weighted by atomic mass is 9.67. The number of rotatable bonds is 8. The Morgan fingerprint density at radius 3 is 2.13 bits per heavy atom. The van der Waals surface area contributed by atoms with Crippen molar-refractivity contribution in [2.24, 2.45) is 5.92 Å². The molecular weight excluding hydrogens is 372 g/mol. The predicted molar refractivity (Wildman–Crippen MR) is 121 cm³/mol. The fourth-order valence-electron chi connectivity index (χ4n) is 4.50. The number of carbonyl (C=O) groups is 1. The first kappa shape index (κ1) is 21.0. The van der Waals surface area contributed by atoms with E-state index in [-0.39, 0.29) is 11.7 Å². The van der Waals surface area contributed by atoms with Gasteiger partial charge in [0.05, 0.1) is 6.54 Å². The molecule has 2 fully saturated rings. The topological polar surface area (TPSA) is 43.8 Å². The Labute approximate surface area is 179 Å². The van der Waals surface area contributed by atoms with Crippen LogP contribution in [0.5, 0.6) is 0 Å². The van der Waals surface area contributed by atoms with E-state index in [1.807, 2.05) is 36.4 Å². The maximum atomic E-state index is 13.3. The van der Waals surface area contributed by atoms with Gasteiger partial charge in [-0.15, -0.1) is 0 Å². The molecule has 4 rings (SSSR count). The van der Waals surface area contributed by atoms with Crippen LogP contribution in [0.15, 0.2) is 66.7 Å². The molecule has 2 aromatic rings. The van der Waals surface area contributed by atoms with Crippen LogP contribution in [0.1, 0.15) is 30.4 Å². The van der Waals surface area contributed by atoms with E-state index in [0.29, 0.717) is 6.54 Å². The van der Waals surface area contributed by atoms with Crippen LogP contribution < -0.4 is 0 Å². The van der Waals surface area contributed by atoms with Gasteiger partial charge in [-0.05, 0) is 29.9 Å². The molecule has 1 N–H and O–H groups in total. The van der Waals surface area contributed by atoms with E-state index >= 15 is 0 Å². The predicted octanol–water partition coefficient (Wildman–Crippen LogP) is 3.57. The maximum Gasteiger partial charge on any atom is 0.183 e. The minimum atomic E-state index is -1.34. The smallest absolute Gasteiger partial charge is 0.183 e. The molecule has 1 aliphatic heterocycles. The van der Waals surface area contributed by atoms with Gasteiger partial charge in [0.1, 0.15) is 0 Å². The summed E-state index contributed by atoms with van der Waals surface area (Å²) in [5.41, 5.74) is 0.636. The number of piperazine rings is 1. The lowest BCUT2D eigenvalue weighted by Gasteiger charge is -2.42. The molecule has 2 aromatic carbocycles. The van der Waals surface area contributed by atoms with Crippen LogP contribution in [-0.2, 0) is 10.4 Å².